The summed E-state index contributed by atoms with van der Waals surface area (Å²) in [6, 6.07) is 4.96. The normalized spacial score (nSPS) is 23.9. The number of nitrogens with one attached hydrogen (secondary N) is 1. The van der Waals surface area contributed by atoms with Crippen LogP contribution >= 0.6 is 11.6 Å². The number of aryl methyl sites for hydroxylation is 1. The first-order chi connectivity index (χ1) is 9.32. The van der Waals surface area contributed by atoms with Crippen LogP contribution in [0.3, 0.4) is 0 Å². The number of hydrogen-bond donors (Lipinski definition) is 2. The van der Waals surface area contributed by atoms with Gasteiger partial charge in [0, 0.05) is 11.6 Å². The van der Waals surface area contributed by atoms with Crippen molar-refractivity contribution in [2.24, 2.45) is 5.41 Å². The van der Waals surface area contributed by atoms with Gasteiger partial charge >= 0.3 is 0 Å². The third-order valence-electron chi connectivity index (χ3n) is 4.38. The van der Waals surface area contributed by atoms with E-state index in [2.05, 4.69) is 23.8 Å². The van der Waals surface area contributed by atoms with E-state index in [0.29, 0.717) is 17.8 Å². The Morgan fingerprint density at radius 3 is 2.60 bits per heavy atom. The minimum atomic E-state index is -0.382. The summed E-state index contributed by atoms with van der Waals surface area (Å²) in [7, 11) is 0. The smallest absolute Gasteiger partial charge is 0.197 e. The molecule has 1 aromatic heterocycles. The monoisotopic (exact) mass is 293 g/mol. The summed E-state index contributed by atoms with van der Waals surface area (Å²) in [6.45, 7) is 6.33. The highest BCUT2D eigenvalue weighted by atomic mass is 35.5. The Kier molecular flexibility index (Phi) is 2.83. The van der Waals surface area contributed by atoms with E-state index in [1.807, 2.05) is 13.0 Å². The van der Waals surface area contributed by atoms with E-state index < -0.39 is 0 Å². The van der Waals surface area contributed by atoms with E-state index in [9.17, 15) is 4.39 Å². The van der Waals surface area contributed by atoms with E-state index in [0.717, 1.165) is 17.0 Å². The van der Waals surface area contributed by atoms with Gasteiger partial charge in [0.2, 0.25) is 0 Å². The fourth-order valence-electron chi connectivity index (χ4n) is 3.30. The highest BCUT2D eigenvalue weighted by Gasteiger charge is 2.60. The fourth-order valence-corrected chi connectivity index (χ4v) is 3.49. The number of nitrogen functional groups attached to an aromatic ring is 1. The number of halogens is 2. The predicted octanol–water partition coefficient (Wildman–Crippen LogP) is 4.00. The molecular formula is C15H17ClFN3. The molecule has 0 radical (unpaired) electrons. The number of nitrogens with zero attached hydrogens (tertiary/aromatic N) is 1. The molecule has 2 aromatic rings. The number of aromatic amines is 1. The summed E-state index contributed by atoms with van der Waals surface area (Å²) in [4.78, 5) is 7.38. The lowest BCUT2D eigenvalue weighted by Gasteiger charge is -2.03. The van der Waals surface area contributed by atoms with Crippen molar-refractivity contribution < 1.29 is 4.39 Å². The first kappa shape index (κ1) is 13.4. The largest absolute Gasteiger partial charge is 0.369 e. The van der Waals surface area contributed by atoms with Gasteiger partial charge < -0.3 is 10.7 Å². The zero-order valence-corrected chi connectivity index (χ0v) is 12.4. The molecule has 3 rings (SSSR count). The lowest BCUT2D eigenvalue weighted by atomic mass is 10.0. The van der Waals surface area contributed by atoms with Gasteiger partial charge in [-0.05, 0) is 36.0 Å². The molecule has 106 valence electrons. The molecule has 1 saturated carbocycles. The number of H-pyrrole nitrogens is 1. The Labute approximate surface area is 122 Å². The van der Waals surface area contributed by atoms with Crippen LogP contribution in [0.15, 0.2) is 18.2 Å². The maximum atomic E-state index is 13.3. The summed E-state index contributed by atoms with van der Waals surface area (Å²) in [5.74, 6) is 0.649. The first-order valence-corrected chi connectivity index (χ1v) is 6.97. The highest BCUT2D eigenvalue weighted by Crippen LogP contribution is 2.70. The third kappa shape index (κ3) is 1.90. The number of nitrogens with two attached hydrogens (primary N) is 1. The number of benzene rings is 1. The van der Waals surface area contributed by atoms with E-state index in [4.69, 9.17) is 17.3 Å². The molecule has 3 nitrogen and oxygen atoms in total. The molecule has 1 aliphatic carbocycles. The third-order valence-corrected chi connectivity index (χ3v) is 4.67. The molecule has 0 saturated heterocycles. The second-order valence-electron chi connectivity index (χ2n) is 6.07. The van der Waals surface area contributed by atoms with Crippen LogP contribution in [-0.2, 0) is 0 Å². The van der Waals surface area contributed by atoms with Crippen LogP contribution in [0.5, 0.6) is 0 Å². The lowest BCUT2D eigenvalue weighted by molar-refractivity contribution is 0.596. The Hall–Kier alpha value is -1.55. The first-order valence-electron chi connectivity index (χ1n) is 6.59. The summed E-state index contributed by atoms with van der Waals surface area (Å²) in [5, 5.41) is 0.171. The summed E-state index contributed by atoms with van der Waals surface area (Å²) >= 11 is 5.89. The number of rotatable bonds is 2. The highest BCUT2D eigenvalue weighted by molar-refractivity contribution is 6.30. The number of aromatic nitrogens is 2. The second-order valence-corrected chi connectivity index (χ2v) is 6.48. The average Bonchev–Trinajstić information content (AvgIpc) is 2.75. The van der Waals surface area contributed by atoms with E-state index in [-0.39, 0.29) is 16.3 Å². The SMILES string of the molecule is Cc1nc(N)[nH]c1[C@@H]1C(c2ccc(F)c(Cl)c2)C1(C)C. The molecule has 1 fully saturated rings. The molecule has 0 aliphatic heterocycles. The Bertz CT molecular complexity index is 678. The van der Waals surface area contributed by atoms with Crippen molar-refractivity contribution in [2.75, 3.05) is 5.73 Å². The molecule has 3 N–H and O–H groups in total. The molecule has 1 aromatic carbocycles. The van der Waals surface area contributed by atoms with Crippen molar-refractivity contribution >= 4 is 17.5 Å². The molecule has 1 aliphatic rings. The van der Waals surface area contributed by atoms with Gasteiger partial charge in [-0.1, -0.05) is 31.5 Å². The van der Waals surface area contributed by atoms with Crippen LogP contribution in [0.1, 0.15) is 42.6 Å². The van der Waals surface area contributed by atoms with Gasteiger partial charge in [0.1, 0.15) is 5.82 Å². The molecular weight excluding hydrogens is 277 g/mol. The maximum absolute atomic E-state index is 13.3. The quantitative estimate of drug-likeness (QED) is 0.879. The maximum Gasteiger partial charge on any atom is 0.197 e. The number of anilines is 1. The van der Waals surface area contributed by atoms with Crippen LogP contribution in [0.25, 0.3) is 0 Å². The molecule has 5 heteroatoms. The summed E-state index contributed by atoms with van der Waals surface area (Å²) in [5.41, 5.74) is 8.85. The standard InChI is InChI=1S/C15H17ClFN3/c1-7-13(20-14(18)19-7)12-11(15(12,2)3)8-4-5-10(17)9(16)6-8/h4-6,11-12H,1-3H3,(H3,18,19,20)/t11?,12-/m0/s1. The van der Waals surface area contributed by atoms with E-state index in [1.54, 1.807) is 6.07 Å². The molecule has 1 heterocycles. The minimum Gasteiger partial charge on any atom is -0.369 e. The summed E-state index contributed by atoms with van der Waals surface area (Å²) in [6.07, 6.45) is 0. The van der Waals surface area contributed by atoms with Crippen molar-refractivity contribution in [1.29, 1.82) is 0 Å². The van der Waals surface area contributed by atoms with Gasteiger partial charge in [-0.15, -0.1) is 0 Å². The van der Waals surface area contributed by atoms with Crippen molar-refractivity contribution in [3.05, 3.63) is 46.0 Å². The van der Waals surface area contributed by atoms with Crippen molar-refractivity contribution in [3.8, 4) is 0 Å². The van der Waals surface area contributed by atoms with Crippen LogP contribution in [0.2, 0.25) is 5.02 Å². The number of imidazole rings is 1. The van der Waals surface area contributed by atoms with Gasteiger partial charge in [0.25, 0.3) is 0 Å². The van der Waals surface area contributed by atoms with Gasteiger partial charge in [0.15, 0.2) is 5.95 Å². The molecule has 20 heavy (non-hydrogen) atoms. The number of hydrogen-bond acceptors (Lipinski definition) is 2. The molecule has 0 bridgehead atoms. The molecule has 2 atom stereocenters. The van der Waals surface area contributed by atoms with Gasteiger partial charge in [-0.25, -0.2) is 9.37 Å². The van der Waals surface area contributed by atoms with Crippen molar-refractivity contribution in [3.63, 3.8) is 0 Å². The van der Waals surface area contributed by atoms with Gasteiger partial charge in [0.05, 0.1) is 10.7 Å². The van der Waals surface area contributed by atoms with Crippen molar-refractivity contribution in [1.82, 2.24) is 9.97 Å². The van der Waals surface area contributed by atoms with Gasteiger partial charge in [-0.2, -0.15) is 0 Å². The lowest BCUT2D eigenvalue weighted by Crippen LogP contribution is -1.92. The molecule has 0 amide bonds. The summed E-state index contributed by atoms with van der Waals surface area (Å²) < 4.78 is 13.3. The van der Waals surface area contributed by atoms with Crippen LogP contribution in [0.4, 0.5) is 10.3 Å². The zero-order valence-electron chi connectivity index (χ0n) is 11.7. The Balaban J connectivity index is 1.99. The second kappa shape index (κ2) is 4.22. The fraction of sp³-hybridized carbons (Fsp3) is 0.400. The molecule has 1 unspecified atom stereocenters. The predicted molar refractivity (Wildman–Crippen MR) is 78.4 cm³/mol. The zero-order chi connectivity index (χ0) is 14.7. The van der Waals surface area contributed by atoms with E-state index >= 15 is 0 Å². The van der Waals surface area contributed by atoms with Crippen LogP contribution in [0, 0.1) is 18.2 Å². The average molecular weight is 294 g/mol. The van der Waals surface area contributed by atoms with Gasteiger partial charge in [-0.3, -0.25) is 0 Å². The topological polar surface area (TPSA) is 54.7 Å². The van der Waals surface area contributed by atoms with Crippen LogP contribution in [-0.4, -0.2) is 9.97 Å². The Morgan fingerprint density at radius 1 is 1.35 bits per heavy atom. The van der Waals surface area contributed by atoms with E-state index in [1.165, 1.54) is 6.07 Å². The Morgan fingerprint density at radius 2 is 2.05 bits per heavy atom. The van der Waals surface area contributed by atoms with Crippen molar-refractivity contribution in [2.45, 2.75) is 32.6 Å². The molecule has 0 spiro atoms. The minimum absolute atomic E-state index is 0.0743. The van der Waals surface area contributed by atoms with Crippen LogP contribution < -0.4 is 5.73 Å².